The minimum absolute atomic E-state index is 0.184. The molecule has 0 aromatic rings. The van der Waals surface area contributed by atoms with Crippen molar-refractivity contribution < 1.29 is 39.8 Å². The van der Waals surface area contributed by atoms with E-state index in [1.807, 2.05) is 6.08 Å². The molecule has 0 aromatic carbocycles. The topological polar surface area (TPSA) is 149 Å². The molecule has 1 amide bonds. The summed E-state index contributed by atoms with van der Waals surface area (Å²) >= 11 is 0. The van der Waals surface area contributed by atoms with Gasteiger partial charge in [0.05, 0.1) is 25.4 Å². The Hall–Kier alpha value is -2.11. The Balaban J connectivity index is 2.06. The van der Waals surface area contributed by atoms with Crippen molar-refractivity contribution in [2.75, 3.05) is 13.2 Å². The number of nitrogens with one attached hydrogen (secondary N) is 1. The zero-order chi connectivity index (χ0) is 62.1. The van der Waals surface area contributed by atoms with E-state index < -0.39 is 49.5 Å². The minimum Gasteiger partial charge on any atom is -0.394 e. The van der Waals surface area contributed by atoms with Crippen LogP contribution in [-0.2, 0) is 14.3 Å². The number of aliphatic hydroxyl groups excluding tert-OH is 5. The minimum atomic E-state index is -1.58. The Labute approximate surface area is 532 Å². The first kappa shape index (κ1) is 81.9. The molecule has 1 heterocycles. The molecule has 1 rings (SSSR count). The average Bonchev–Trinajstić information content (AvgIpc) is 2.36. The van der Waals surface area contributed by atoms with E-state index in [0.29, 0.717) is 6.42 Å². The van der Waals surface area contributed by atoms with E-state index in [9.17, 15) is 30.3 Å². The molecule has 1 fully saturated rings. The number of aliphatic hydroxyl groups is 5. The normalized spacial score (nSPS) is 18.3. The Bertz CT molecular complexity index is 1540. The van der Waals surface area contributed by atoms with Crippen LogP contribution in [-0.4, -0.2) is 87.5 Å². The molecule has 504 valence electrons. The van der Waals surface area contributed by atoms with Crippen LogP contribution in [0.5, 0.6) is 0 Å². The van der Waals surface area contributed by atoms with Gasteiger partial charge in [-0.15, -0.1) is 0 Å². The molecule has 0 saturated carbocycles. The molecular weight excluding hydrogens is 1070 g/mol. The van der Waals surface area contributed by atoms with Gasteiger partial charge < -0.3 is 40.3 Å². The fourth-order valence-electron chi connectivity index (χ4n) is 11.9. The third-order valence-electron chi connectivity index (χ3n) is 17.8. The van der Waals surface area contributed by atoms with E-state index in [1.165, 1.54) is 295 Å². The lowest BCUT2D eigenvalue weighted by Gasteiger charge is -2.40. The van der Waals surface area contributed by atoms with Gasteiger partial charge in [-0.1, -0.05) is 344 Å². The van der Waals surface area contributed by atoms with E-state index in [1.54, 1.807) is 6.08 Å². The summed E-state index contributed by atoms with van der Waals surface area (Å²) in [4.78, 5) is 13.1. The third-order valence-corrected chi connectivity index (χ3v) is 17.8. The Morgan fingerprint density at radius 3 is 1.05 bits per heavy atom. The summed E-state index contributed by atoms with van der Waals surface area (Å²) in [7, 11) is 0. The number of ether oxygens (including phenoxy) is 2. The molecule has 1 saturated heterocycles. The Morgan fingerprint density at radius 2 is 0.698 bits per heavy atom. The molecular formula is C77H143NO8. The molecule has 1 aliphatic heterocycles. The summed E-state index contributed by atoms with van der Waals surface area (Å²) in [6, 6.07) is -0.829. The molecule has 7 unspecified atom stereocenters. The van der Waals surface area contributed by atoms with Gasteiger partial charge in [0, 0.05) is 6.42 Å². The predicted molar refractivity (Wildman–Crippen MR) is 369 cm³/mol. The molecule has 0 aliphatic carbocycles. The Morgan fingerprint density at radius 1 is 0.395 bits per heavy atom. The van der Waals surface area contributed by atoms with Gasteiger partial charge in [-0.05, 0) is 77.0 Å². The van der Waals surface area contributed by atoms with Crippen molar-refractivity contribution in [2.24, 2.45) is 0 Å². The number of amides is 1. The first-order chi connectivity index (χ1) is 42.3. The van der Waals surface area contributed by atoms with Gasteiger partial charge in [0.15, 0.2) is 6.29 Å². The summed E-state index contributed by atoms with van der Waals surface area (Å²) < 4.78 is 11.3. The third kappa shape index (κ3) is 53.7. The number of hydrogen-bond acceptors (Lipinski definition) is 8. The van der Waals surface area contributed by atoms with E-state index in [4.69, 9.17) is 9.47 Å². The molecule has 9 heteroatoms. The Kier molecular flexibility index (Phi) is 62.7. The highest BCUT2D eigenvalue weighted by Crippen LogP contribution is 2.23. The number of hydrogen-bond donors (Lipinski definition) is 6. The van der Waals surface area contributed by atoms with Crippen molar-refractivity contribution in [3.63, 3.8) is 0 Å². The lowest BCUT2D eigenvalue weighted by Crippen LogP contribution is -2.60. The van der Waals surface area contributed by atoms with Gasteiger partial charge in [-0.3, -0.25) is 4.79 Å². The van der Waals surface area contributed by atoms with Gasteiger partial charge in [-0.2, -0.15) is 0 Å². The predicted octanol–water partition coefficient (Wildman–Crippen LogP) is 20.9. The van der Waals surface area contributed by atoms with Crippen molar-refractivity contribution in [3.8, 4) is 0 Å². The molecule has 0 spiro atoms. The van der Waals surface area contributed by atoms with Crippen molar-refractivity contribution in [1.82, 2.24) is 5.32 Å². The number of carbonyl (C=O) groups excluding carboxylic acids is 1. The number of carbonyl (C=O) groups is 1. The number of rotatable bonds is 66. The zero-order valence-electron chi connectivity index (χ0n) is 56.6. The van der Waals surface area contributed by atoms with Crippen LogP contribution in [0.2, 0.25) is 0 Å². The summed E-state index contributed by atoms with van der Waals surface area (Å²) in [5, 5.41) is 54.7. The maximum absolute atomic E-state index is 13.1. The second-order valence-corrected chi connectivity index (χ2v) is 26.1. The van der Waals surface area contributed by atoms with Gasteiger partial charge in [0.1, 0.15) is 24.4 Å². The first-order valence-corrected chi connectivity index (χ1v) is 37.5. The quantitative estimate of drug-likeness (QED) is 0.0261. The highest BCUT2D eigenvalue weighted by atomic mass is 16.7. The average molecular weight is 1210 g/mol. The van der Waals surface area contributed by atoms with Crippen LogP contribution in [0.1, 0.15) is 367 Å². The van der Waals surface area contributed by atoms with Crippen molar-refractivity contribution in [3.05, 3.63) is 60.8 Å². The highest BCUT2D eigenvalue weighted by Gasteiger charge is 2.44. The maximum Gasteiger partial charge on any atom is 0.220 e. The zero-order valence-corrected chi connectivity index (χ0v) is 56.6. The second-order valence-electron chi connectivity index (χ2n) is 26.1. The number of unbranched alkanes of at least 4 members (excludes halogenated alkanes) is 48. The van der Waals surface area contributed by atoms with Gasteiger partial charge >= 0.3 is 0 Å². The van der Waals surface area contributed by atoms with E-state index >= 15 is 0 Å². The van der Waals surface area contributed by atoms with E-state index in [-0.39, 0.29) is 12.5 Å². The van der Waals surface area contributed by atoms with E-state index in [2.05, 4.69) is 67.8 Å². The van der Waals surface area contributed by atoms with Gasteiger partial charge in [-0.25, -0.2) is 0 Å². The monoisotopic (exact) mass is 1210 g/mol. The molecule has 7 atom stereocenters. The number of allylic oxidation sites excluding steroid dienone is 9. The summed E-state index contributed by atoms with van der Waals surface area (Å²) in [6.45, 7) is 3.79. The van der Waals surface area contributed by atoms with Crippen LogP contribution in [0.15, 0.2) is 60.8 Å². The lowest BCUT2D eigenvalue weighted by molar-refractivity contribution is -0.302. The summed E-state index contributed by atoms with van der Waals surface area (Å²) in [5.41, 5.74) is 0. The second kappa shape index (κ2) is 65.8. The summed E-state index contributed by atoms with van der Waals surface area (Å²) in [5.74, 6) is -0.184. The maximum atomic E-state index is 13.1. The summed E-state index contributed by atoms with van der Waals surface area (Å²) in [6.07, 6.45) is 85.1. The molecule has 0 bridgehead atoms. The van der Waals surface area contributed by atoms with Crippen LogP contribution < -0.4 is 5.32 Å². The van der Waals surface area contributed by atoms with Gasteiger partial charge in [0.2, 0.25) is 5.91 Å². The van der Waals surface area contributed by atoms with Crippen molar-refractivity contribution in [1.29, 1.82) is 0 Å². The van der Waals surface area contributed by atoms with E-state index in [0.717, 1.165) is 51.4 Å². The van der Waals surface area contributed by atoms with Crippen LogP contribution >= 0.6 is 0 Å². The molecule has 6 N–H and O–H groups in total. The fourth-order valence-corrected chi connectivity index (χ4v) is 11.9. The van der Waals surface area contributed by atoms with Crippen molar-refractivity contribution in [2.45, 2.75) is 410 Å². The van der Waals surface area contributed by atoms with Crippen LogP contribution in [0.3, 0.4) is 0 Å². The van der Waals surface area contributed by atoms with Crippen LogP contribution in [0.4, 0.5) is 0 Å². The molecule has 0 radical (unpaired) electrons. The first-order valence-electron chi connectivity index (χ1n) is 37.5. The van der Waals surface area contributed by atoms with Crippen LogP contribution in [0, 0.1) is 0 Å². The molecule has 86 heavy (non-hydrogen) atoms. The smallest absolute Gasteiger partial charge is 0.220 e. The largest absolute Gasteiger partial charge is 0.394 e. The molecule has 1 aliphatic rings. The van der Waals surface area contributed by atoms with Crippen molar-refractivity contribution >= 4 is 5.91 Å². The van der Waals surface area contributed by atoms with Crippen LogP contribution in [0.25, 0.3) is 0 Å². The standard InChI is InChI=1S/C77H143NO8/c1-3-5-7-9-11-13-15-17-19-21-23-25-27-28-29-30-31-32-33-34-35-36-37-38-39-40-41-42-43-44-45-47-49-51-53-55-57-59-61-63-65-67-73(81)78-70(69-85-77-76(84)75(83)74(82)72(68-79)86-77)71(80)66-64-62-60-58-56-54-52-50-48-46-26-24-22-20-18-16-14-12-10-8-6-4-2/h15,17,21,23,48,50,56,58,64,66,70-72,74-77,79-80,82-84H,3-14,16,18-20,22,24-47,49,51-55,57,59-63,65,67-69H2,1-2H3,(H,78,81)/b17-15-,23-21-,50-48+,58-56+,66-64+. The lowest BCUT2D eigenvalue weighted by atomic mass is 9.99. The SMILES string of the molecule is CCCCCCC/C=C\C/C=C\CCCCCCCCCCCCCCCCCCCCCCCCCCCCCCCC(=O)NC(COC1OC(CO)C(O)C(O)C1O)C(O)/C=C/CC/C=C/CC/C=C/CCCCCCCCCCCCCC. The molecule has 0 aromatic heterocycles. The molecule has 9 nitrogen and oxygen atoms in total. The van der Waals surface area contributed by atoms with Gasteiger partial charge in [0.25, 0.3) is 0 Å². The fraction of sp³-hybridized carbons (Fsp3) is 0.857. The highest BCUT2D eigenvalue weighted by molar-refractivity contribution is 5.76.